The van der Waals surface area contributed by atoms with Gasteiger partial charge in [0.15, 0.2) is 5.65 Å². The average Bonchev–Trinajstić information content (AvgIpc) is 3.74. The number of aromatic nitrogens is 6. The summed E-state index contributed by atoms with van der Waals surface area (Å²) in [6.45, 7) is 9.01. The molecule has 9 rings (SSSR count). The Balaban J connectivity index is 1.22. The molecule has 0 unspecified atom stereocenters. The van der Waals surface area contributed by atoms with Crippen LogP contribution < -0.4 is 4.74 Å². The number of hydrogen-bond donors (Lipinski definition) is 0. The number of pyridine rings is 2. The third-order valence-electron chi connectivity index (χ3n) is 9.35. The first-order valence-electron chi connectivity index (χ1n) is 16.5. The topological polar surface area (TPSA) is 62.2 Å². The van der Waals surface area contributed by atoms with Crippen LogP contribution in [0.4, 0.5) is 0 Å². The number of nitrogens with zero attached hydrogens (tertiary/aromatic N) is 6. The summed E-state index contributed by atoms with van der Waals surface area (Å²) >= 11 is 0. The van der Waals surface area contributed by atoms with Gasteiger partial charge >= 0.3 is 0 Å². The maximum Gasteiger partial charge on any atom is 0.221 e. The van der Waals surface area contributed by atoms with E-state index in [9.17, 15) is 0 Å². The smallest absolute Gasteiger partial charge is 0.221 e. The summed E-state index contributed by atoms with van der Waals surface area (Å²) in [5.74, 6) is 3.86. The van der Waals surface area contributed by atoms with Crippen molar-refractivity contribution in [1.82, 2.24) is 28.5 Å². The van der Waals surface area contributed by atoms with Crippen LogP contribution in [0.3, 0.4) is 0 Å². The van der Waals surface area contributed by atoms with E-state index in [2.05, 4.69) is 113 Å². The Kier molecular flexibility index (Phi) is 6.37. The highest BCUT2D eigenvalue weighted by Gasteiger charge is 2.24. The molecule has 9 aromatic rings. The zero-order chi connectivity index (χ0) is 32.5. The molecule has 0 radical (unpaired) electrons. The quantitative estimate of drug-likeness (QED) is 0.184. The third-order valence-corrected chi connectivity index (χ3v) is 9.35. The average molecular weight is 627 g/mol. The van der Waals surface area contributed by atoms with Gasteiger partial charge in [0.05, 0.1) is 33.3 Å². The van der Waals surface area contributed by atoms with Crippen molar-refractivity contribution in [2.75, 3.05) is 0 Å². The maximum atomic E-state index is 6.60. The van der Waals surface area contributed by atoms with E-state index in [4.69, 9.17) is 14.7 Å². The lowest BCUT2D eigenvalue weighted by Gasteiger charge is -2.21. The maximum absolute atomic E-state index is 6.60. The lowest BCUT2D eigenvalue weighted by atomic mass is 9.92. The number of hydrogen-bond acceptors (Lipinski definition) is 4. The Morgan fingerprint density at radius 3 is 2.02 bits per heavy atom. The summed E-state index contributed by atoms with van der Waals surface area (Å²) in [6, 6.07) is 37.6. The molecular weight excluding hydrogens is 592 g/mol. The number of benzene rings is 4. The Morgan fingerprint density at radius 2 is 1.25 bits per heavy atom. The van der Waals surface area contributed by atoms with Crippen molar-refractivity contribution in [2.24, 2.45) is 0 Å². The third kappa shape index (κ3) is 4.24. The minimum absolute atomic E-state index is 0.339. The highest BCUT2D eigenvalue weighted by atomic mass is 16.5. The normalized spacial score (nSPS) is 12.1. The number of rotatable bonds is 6. The molecule has 0 aliphatic carbocycles. The van der Waals surface area contributed by atoms with E-state index in [0.29, 0.717) is 11.8 Å². The van der Waals surface area contributed by atoms with E-state index in [1.807, 2.05) is 54.9 Å². The van der Waals surface area contributed by atoms with Crippen LogP contribution in [0.1, 0.15) is 50.7 Å². The fourth-order valence-corrected chi connectivity index (χ4v) is 7.18. The second kappa shape index (κ2) is 10.8. The van der Waals surface area contributed by atoms with Gasteiger partial charge in [-0.05, 0) is 77.6 Å². The van der Waals surface area contributed by atoms with Crippen LogP contribution in [0.5, 0.6) is 11.5 Å². The second-order valence-electron chi connectivity index (χ2n) is 13.0. The number of para-hydroxylation sites is 2. The Labute approximate surface area is 277 Å². The van der Waals surface area contributed by atoms with Gasteiger partial charge in [0.25, 0.3) is 0 Å². The molecular formula is C41H34N6O. The predicted octanol–water partition coefficient (Wildman–Crippen LogP) is 10.4. The van der Waals surface area contributed by atoms with Crippen LogP contribution in [0, 0.1) is 0 Å². The molecule has 5 heterocycles. The van der Waals surface area contributed by atoms with Crippen LogP contribution in [0.15, 0.2) is 122 Å². The first-order valence-corrected chi connectivity index (χ1v) is 16.5. The van der Waals surface area contributed by atoms with Gasteiger partial charge in [-0.1, -0.05) is 70.2 Å². The van der Waals surface area contributed by atoms with E-state index >= 15 is 0 Å². The molecule has 0 aliphatic heterocycles. The molecule has 0 aliphatic rings. The van der Waals surface area contributed by atoms with E-state index < -0.39 is 0 Å². The zero-order valence-electron chi connectivity index (χ0n) is 27.3. The first-order chi connectivity index (χ1) is 23.5. The molecule has 0 spiro atoms. The largest absolute Gasteiger partial charge is 0.457 e. The van der Waals surface area contributed by atoms with E-state index in [0.717, 1.165) is 61.7 Å². The van der Waals surface area contributed by atoms with Crippen molar-refractivity contribution < 1.29 is 4.74 Å². The summed E-state index contributed by atoms with van der Waals surface area (Å²) in [4.78, 5) is 14.8. The monoisotopic (exact) mass is 626 g/mol. The van der Waals surface area contributed by atoms with Gasteiger partial charge in [0, 0.05) is 35.3 Å². The molecule has 0 N–H and O–H groups in total. The summed E-state index contributed by atoms with van der Waals surface area (Å²) in [7, 11) is 0. The minimum atomic E-state index is 0.339. The van der Waals surface area contributed by atoms with Gasteiger partial charge in [-0.25, -0.2) is 15.0 Å². The second-order valence-corrected chi connectivity index (χ2v) is 13.0. The summed E-state index contributed by atoms with van der Waals surface area (Å²) in [5.41, 5.74) is 9.64. The first kappa shape index (κ1) is 28.3. The molecule has 5 aromatic heterocycles. The van der Waals surface area contributed by atoms with Crippen molar-refractivity contribution in [3.8, 4) is 23.0 Å². The van der Waals surface area contributed by atoms with Gasteiger partial charge < -0.3 is 4.74 Å². The molecule has 48 heavy (non-hydrogen) atoms. The highest BCUT2D eigenvalue weighted by Crippen LogP contribution is 2.38. The van der Waals surface area contributed by atoms with Crippen LogP contribution in [-0.4, -0.2) is 28.5 Å². The summed E-state index contributed by atoms with van der Waals surface area (Å²) < 4.78 is 13.3. The van der Waals surface area contributed by atoms with Crippen molar-refractivity contribution in [1.29, 1.82) is 0 Å². The Bertz CT molecular complexity index is 2630. The van der Waals surface area contributed by atoms with E-state index in [1.54, 1.807) is 0 Å². The van der Waals surface area contributed by atoms with Gasteiger partial charge in [0.2, 0.25) is 5.78 Å². The van der Waals surface area contributed by atoms with E-state index in [-0.39, 0.29) is 0 Å². The lowest BCUT2D eigenvalue weighted by Crippen LogP contribution is -2.07. The predicted molar refractivity (Wildman–Crippen MR) is 194 cm³/mol. The molecule has 0 atom stereocenters. The number of fused-ring (bicyclic) bond motifs is 8. The fraction of sp³-hybridized carbons (Fsp3) is 0.146. The van der Waals surface area contributed by atoms with Crippen LogP contribution >= 0.6 is 0 Å². The molecule has 7 nitrogen and oxygen atoms in total. The van der Waals surface area contributed by atoms with Gasteiger partial charge in [0.1, 0.15) is 17.3 Å². The van der Waals surface area contributed by atoms with Gasteiger partial charge in [-0.15, -0.1) is 0 Å². The summed E-state index contributed by atoms with van der Waals surface area (Å²) in [5, 5.41) is 2.33. The molecule has 0 saturated carbocycles. The Morgan fingerprint density at radius 1 is 0.562 bits per heavy atom. The Hall–Kier alpha value is -5.95. The molecule has 0 fully saturated rings. The van der Waals surface area contributed by atoms with Crippen LogP contribution in [0.2, 0.25) is 0 Å². The lowest BCUT2D eigenvalue weighted by molar-refractivity contribution is 0.484. The van der Waals surface area contributed by atoms with Gasteiger partial charge in [-0.3, -0.25) is 13.5 Å². The fourth-order valence-electron chi connectivity index (χ4n) is 7.18. The zero-order valence-corrected chi connectivity index (χ0v) is 27.3. The van der Waals surface area contributed by atoms with Crippen molar-refractivity contribution >= 4 is 49.8 Å². The number of ether oxygens (including phenoxy) is 1. The minimum Gasteiger partial charge on any atom is -0.457 e. The van der Waals surface area contributed by atoms with E-state index in [1.165, 1.54) is 22.2 Å². The van der Waals surface area contributed by atoms with Crippen molar-refractivity contribution in [2.45, 2.75) is 39.5 Å². The highest BCUT2D eigenvalue weighted by molar-refractivity contribution is 6.09. The van der Waals surface area contributed by atoms with Crippen LogP contribution in [-0.2, 0) is 0 Å². The molecule has 0 amide bonds. The molecule has 0 saturated heterocycles. The molecule has 4 aromatic carbocycles. The van der Waals surface area contributed by atoms with Crippen molar-refractivity contribution in [3.05, 3.63) is 133 Å². The molecule has 0 bridgehead atoms. The number of imidazole rings is 2. The molecule has 234 valence electrons. The molecule has 7 heteroatoms. The summed E-state index contributed by atoms with van der Waals surface area (Å²) in [6.07, 6.45) is 3.68. The standard InChI is InChI=1S/C41H34N6O/c1-25(2)29-12-9-13-30(26(3)4)39(29)46-35-15-10-22-43-40(35)47-37-24-28(18-20-33(37)44-41(46)47)48-27-17-19-32-31-11-5-6-14-34(31)45(36(32)23-27)38-16-7-8-21-42-38/h5-26H,1-4H3. The van der Waals surface area contributed by atoms with Gasteiger partial charge in [-0.2, -0.15) is 0 Å². The van der Waals surface area contributed by atoms with Crippen molar-refractivity contribution in [3.63, 3.8) is 0 Å². The SMILES string of the molecule is CC(C)c1cccc(C(C)C)c1-n1c2cccnc2n2c3cc(Oc4ccc5c6ccccc6n(-c6ccccn6)c5c4)ccc3nc12. The van der Waals surface area contributed by atoms with Crippen LogP contribution in [0.25, 0.3) is 61.3 Å².